The summed E-state index contributed by atoms with van der Waals surface area (Å²) in [6, 6.07) is 0.203. The number of hydrogen-bond donors (Lipinski definition) is 2. The molecule has 7 nitrogen and oxygen atoms in total. The SMILES string of the molecule is CC(C)Cc1nc2c(c(N3C[C@@H]4CC(=O)N[C@@H]4C3)n1)CCNC2=O. The second-order valence-electron chi connectivity index (χ2n) is 7.44. The van der Waals surface area contributed by atoms with Gasteiger partial charge in [0.05, 0.1) is 6.04 Å². The van der Waals surface area contributed by atoms with E-state index in [9.17, 15) is 9.59 Å². The summed E-state index contributed by atoms with van der Waals surface area (Å²) in [5.41, 5.74) is 1.49. The van der Waals surface area contributed by atoms with Gasteiger partial charge in [0.2, 0.25) is 5.91 Å². The van der Waals surface area contributed by atoms with Crippen molar-refractivity contribution in [2.45, 2.75) is 39.2 Å². The van der Waals surface area contributed by atoms with Crippen LogP contribution in [0.4, 0.5) is 5.82 Å². The first-order chi connectivity index (χ1) is 11.5. The molecule has 0 saturated carbocycles. The molecule has 0 radical (unpaired) electrons. The fourth-order valence-corrected chi connectivity index (χ4v) is 3.96. The van der Waals surface area contributed by atoms with Crippen LogP contribution in [0.5, 0.6) is 0 Å². The number of fused-ring (bicyclic) bond motifs is 2. The number of amides is 2. The summed E-state index contributed by atoms with van der Waals surface area (Å²) in [6.45, 7) is 6.46. The molecule has 0 aliphatic carbocycles. The van der Waals surface area contributed by atoms with Crippen LogP contribution in [0.3, 0.4) is 0 Å². The van der Waals surface area contributed by atoms with Gasteiger partial charge < -0.3 is 15.5 Å². The zero-order valence-electron chi connectivity index (χ0n) is 14.1. The van der Waals surface area contributed by atoms with Gasteiger partial charge in [0.1, 0.15) is 17.3 Å². The van der Waals surface area contributed by atoms with Crippen LogP contribution in [0.15, 0.2) is 0 Å². The van der Waals surface area contributed by atoms with Crippen molar-refractivity contribution in [3.05, 3.63) is 17.1 Å². The molecule has 4 rings (SSSR count). The third-order valence-corrected chi connectivity index (χ3v) is 5.03. The summed E-state index contributed by atoms with van der Waals surface area (Å²) in [5, 5.41) is 5.93. The summed E-state index contributed by atoms with van der Waals surface area (Å²) < 4.78 is 0. The molecule has 7 heteroatoms. The Labute approximate surface area is 141 Å². The normalized spacial score (nSPS) is 25.5. The first kappa shape index (κ1) is 15.4. The number of hydrogen-bond acceptors (Lipinski definition) is 5. The molecule has 2 amide bonds. The van der Waals surface area contributed by atoms with E-state index in [1.54, 1.807) is 0 Å². The number of nitrogens with one attached hydrogen (secondary N) is 2. The Morgan fingerprint density at radius 2 is 2.08 bits per heavy atom. The van der Waals surface area contributed by atoms with Crippen molar-refractivity contribution >= 4 is 17.6 Å². The summed E-state index contributed by atoms with van der Waals surface area (Å²) in [6.07, 6.45) is 2.11. The third kappa shape index (κ3) is 2.61. The first-order valence-corrected chi connectivity index (χ1v) is 8.73. The minimum Gasteiger partial charge on any atom is -0.354 e. The lowest BCUT2D eigenvalue weighted by Gasteiger charge is -2.26. The highest BCUT2D eigenvalue weighted by atomic mass is 16.2. The van der Waals surface area contributed by atoms with E-state index in [2.05, 4.69) is 34.4 Å². The van der Waals surface area contributed by atoms with Crippen molar-refractivity contribution in [2.24, 2.45) is 11.8 Å². The Morgan fingerprint density at radius 1 is 1.25 bits per heavy atom. The van der Waals surface area contributed by atoms with E-state index in [0.29, 0.717) is 30.5 Å². The Bertz CT molecular complexity index is 686. The van der Waals surface area contributed by atoms with Crippen molar-refractivity contribution in [1.29, 1.82) is 0 Å². The number of anilines is 1. The van der Waals surface area contributed by atoms with Crippen LogP contribution in [-0.4, -0.2) is 47.5 Å². The number of carbonyl (C=O) groups is 2. The molecule has 0 aromatic carbocycles. The fraction of sp³-hybridized carbons (Fsp3) is 0.647. The topological polar surface area (TPSA) is 87.2 Å². The monoisotopic (exact) mass is 329 g/mol. The van der Waals surface area contributed by atoms with Gasteiger partial charge in [-0.15, -0.1) is 0 Å². The molecule has 0 spiro atoms. The van der Waals surface area contributed by atoms with Crippen LogP contribution in [0.2, 0.25) is 0 Å². The number of aromatic nitrogens is 2. The molecule has 2 fully saturated rings. The highest BCUT2D eigenvalue weighted by molar-refractivity contribution is 5.96. The highest BCUT2D eigenvalue weighted by Crippen LogP contribution is 2.32. The van der Waals surface area contributed by atoms with Crippen LogP contribution in [-0.2, 0) is 17.6 Å². The van der Waals surface area contributed by atoms with Gasteiger partial charge in [-0.05, 0) is 12.3 Å². The van der Waals surface area contributed by atoms with Gasteiger partial charge in [-0.2, -0.15) is 0 Å². The molecule has 0 bridgehead atoms. The molecule has 2 N–H and O–H groups in total. The van der Waals surface area contributed by atoms with E-state index < -0.39 is 0 Å². The Morgan fingerprint density at radius 3 is 2.83 bits per heavy atom. The lowest BCUT2D eigenvalue weighted by molar-refractivity contribution is -0.119. The lowest BCUT2D eigenvalue weighted by atomic mass is 10.0. The summed E-state index contributed by atoms with van der Waals surface area (Å²) in [7, 11) is 0. The molecule has 3 aliphatic heterocycles. The predicted molar refractivity (Wildman–Crippen MR) is 88.9 cm³/mol. The lowest BCUT2D eigenvalue weighted by Crippen LogP contribution is -2.37. The quantitative estimate of drug-likeness (QED) is 0.832. The maximum atomic E-state index is 12.3. The summed E-state index contributed by atoms with van der Waals surface area (Å²) in [5.74, 6) is 2.45. The van der Waals surface area contributed by atoms with Crippen molar-refractivity contribution in [2.75, 3.05) is 24.5 Å². The van der Waals surface area contributed by atoms with Gasteiger partial charge in [0.25, 0.3) is 5.91 Å². The Hall–Kier alpha value is -2.18. The predicted octanol–water partition coefficient (Wildman–Crippen LogP) is 0.286. The van der Waals surface area contributed by atoms with Crippen molar-refractivity contribution < 1.29 is 9.59 Å². The largest absolute Gasteiger partial charge is 0.354 e. The van der Waals surface area contributed by atoms with Gasteiger partial charge in [0, 0.05) is 44.0 Å². The number of rotatable bonds is 3. The molecular formula is C17H23N5O2. The molecule has 2 atom stereocenters. The molecule has 24 heavy (non-hydrogen) atoms. The molecule has 0 unspecified atom stereocenters. The van der Waals surface area contributed by atoms with Crippen LogP contribution in [0, 0.1) is 11.8 Å². The van der Waals surface area contributed by atoms with Gasteiger partial charge in [0.15, 0.2) is 0 Å². The zero-order valence-corrected chi connectivity index (χ0v) is 14.1. The molecule has 1 aromatic rings. The second kappa shape index (κ2) is 5.72. The third-order valence-electron chi connectivity index (χ3n) is 5.03. The van der Waals surface area contributed by atoms with E-state index in [1.165, 1.54) is 0 Å². The van der Waals surface area contributed by atoms with Crippen LogP contribution in [0.1, 0.15) is 42.1 Å². The van der Waals surface area contributed by atoms with E-state index >= 15 is 0 Å². The van der Waals surface area contributed by atoms with Gasteiger partial charge in [-0.3, -0.25) is 9.59 Å². The maximum absolute atomic E-state index is 12.3. The molecule has 128 valence electrons. The molecule has 1 aromatic heterocycles. The van der Waals surface area contributed by atoms with Crippen molar-refractivity contribution in [1.82, 2.24) is 20.6 Å². The van der Waals surface area contributed by atoms with E-state index in [-0.39, 0.29) is 17.9 Å². The van der Waals surface area contributed by atoms with Crippen molar-refractivity contribution in [3.8, 4) is 0 Å². The average Bonchev–Trinajstić information content (AvgIpc) is 3.04. The highest BCUT2D eigenvalue weighted by Gasteiger charge is 2.41. The minimum absolute atomic E-state index is 0.0994. The van der Waals surface area contributed by atoms with Gasteiger partial charge in [-0.1, -0.05) is 13.8 Å². The Balaban J connectivity index is 1.70. The summed E-state index contributed by atoms with van der Waals surface area (Å²) >= 11 is 0. The second-order valence-corrected chi connectivity index (χ2v) is 7.44. The fourth-order valence-electron chi connectivity index (χ4n) is 3.96. The van der Waals surface area contributed by atoms with Gasteiger partial charge >= 0.3 is 0 Å². The smallest absolute Gasteiger partial charge is 0.270 e. The van der Waals surface area contributed by atoms with Crippen LogP contribution < -0.4 is 15.5 Å². The number of carbonyl (C=O) groups excluding carboxylic acids is 2. The summed E-state index contributed by atoms with van der Waals surface area (Å²) in [4.78, 5) is 35.4. The zero-order chi connectivity index (χ0) is 16.8. The van der Waals surface area contributed by atoms with E-state index in [0.717, 1.165) is 43.1 Å². The van der Waals surface area contributed by atoms with Crippen LogP contribution in [0.25, 0.3) is 0 Å². The Kier molecular flexibility index (Phi) is 3.66. The maximum Gasteiger partial charge on any atom is 0.270 e. The first-order valence-electron chi connectivity index (χ1n) is 8.73. The standard InChI is InChI=1S/C17H23N5O2/c1-9(2)5-13-20-15-11(3-4-18-17(15)24)16(21-13)22-7-10-6-14(23)19-12(10)8-22/h9-10,12H,3-8H2,1-2H3,(H,18,24)(H,19,23)/t10-,12+/m0/s1. The van der Waals surface area contributed by atoms with Gasteiger partial charge in [-0.25, -0.2) is 9.97 Å². The van der Waals surface area contributed by atoms with Crippen molar-refractivity contribution in [3.63, 3.8) is 0 Å². The number of nitrogens with zero attached hydrogens (tertiary/aromatic N) is 3. The molecule has 4 heterocycles. The van der Waals surface area contributed by atoms with E-state index in [1.807, 2.05) is 0 Å². The molecular weight excluding hydrogens is 306 g/mol. The minimum atomic E-state index is -0.0994. The van der Waals surface area contributed by atoms with Crippen LogP contribution >= 0.6 is 0 Å². The molecule has 2 saturated heterocycles. The molecule has 3 aliphatic rings. The van der Waals surface area contributed by atoms with E-state index in [4.69, 9.17) is 4.98 Å². The average molecular weight is 329 g/mol.